The first-order valence-electron chi connectivity index (χ1n) is 19.3. The summed E-state index contributed by atoms with van der Waals surface area (Å²) in [7, 11) is -3.92. The smallest absolute Gasteiger partial charge is 0.307 e. The molecule has 1 aromatic carbocycles. The van der Waals surface area contributed by atoms with Crippen LogP contribution in [-0.4, -0.2) is 100.0 Å². The summed E-state index contributed by atoms with van der Waals surface area (Å²) in [6.45, 7) is 5.78. The molecular formula is C39H48ClN5O9S2. The summed E-state index contributed by atoms with van der Waals surface area (Å²) >= 11 is 7.26. The van der Waals surface area contributed by atoms with E-state index in [1.54, 1.807) is 43.2 Å². The summed E-state index contributed by atoms with van der Waals surface area (Å²) in [6, 6.07) is 3.56. The molecule has 2 saturated carbocycles. The average Bonchev–Trinajstić information content (AvgIpc) is 3.94. The van der Waals surface area contributed by atoms with Gasteiger partial charge in [0, 0.05) is 54.2 Å². The Kier molecular flexibility index (Phi) is 11.0. The normalized spacial score (nSPS) is 28.9. The van der Waals surface area contributed by atoms with Gasteiger partial charge in [-0.15, -0.1) is 11.3 Å². The standard InChI is InChI=1S/C39H48ClN5O9S2/c1-38(2,3)54-31(47)16-23-9-7-5-4-6-8-10-25-17-39(25,37(51)43-56(52,53)26-12-13-26)42-33(48)32-27-20-44(18-24(27)19-45(32)35(23)49)36(50)34-41-29(21-55-34)22-11-14-30(46)28(40)15-22/h8,10-11,14-15,21,23-27,32,46H,4-7,9,12-13,16-20H2,1-3H3,(H,42,48)(H,43,51)/b10-8-/t23-,24+,25-,27+,32+,39-/m1/s1. The minimum Gasteiger partial charge on any atom is -0.506 e. The average molecular weight is 830 g/mol. The number of carbonyl (C=O) groups excluding carboxylic acids is 5. The van der Waals surface area contributed by atoms with E-state index in [9.17, 15) is 37.5 Å². The van der Waals surface area contributed by atoms with E-state index in [0.29, 0.717) is 43.4 Å². The quantitative estimate of drug-likeness (QED) is 0.266. The Bertz CT molecular complexity index is 2060. The minimum absolute atomic E-state index is 0.0740. The van der Waals surface area contributed by atoms with Crippen molar-refractivity contribution < 1.29 is 42.2 Å². The van der Waals surface area contributed by atoms with Gasteiger partial charge in [0.15, 0.2) is 5.01 Å². The number of thiazole rings is 1. The summed E-state index contributed by atoms with van der Waals surface area (Å²) in [6.07, 6.45) is 8.14. The predicted molar refractivity (Wildman–Crippen MR) is 208 cm³/mol. The number of halogens is 1. The molecule has 2 saturated heterocycles. The molecule has 0 unspecified atom stereocenters. The van der Waals surface area contributed by atoms with Crippen molar-refractivity contribution in [2.75, 3.05) is 19.6 Å². The number of esters is 1. The number of ether oxygens (including phenoxy) is 1. The number of sulfonamides is 1. The van der Waals surface area contributed by atoms with Crippen LogP contribution in [0.4, 0.5) is 0 Å². The van der Waals surface area contributed by atoms with E-state index in [1.165, 1.54) is 11.0 Å². The molecule has 0 bridgehead atoms. The van der Waals surface area contributed by atoms with Crippen LogP contribution < -0.4 is 10.0 Å². The summed E-state index contributed by atoms with van der Waals surface area (Å²) < 4.78 is 33.6. The van der Waals surface area contributed by atoms with Gasteiger partial charge in [-0.2, -0.15) is 0 Å². The molecule has 2 aromatic rings. The SMILES string of the molecule is CC(C)(C)OC(=O)C[C@H]1CCCCC/C=C\[C@@H]2C[C@@]2(C(=O)NS(=O)(=O)C2CC2)NC(=O)[C@@H]2[C@H]3CN(C(=O)c4nc(-c5ccc(O)c(Cl)c5)cs4)C[C@H]3CN2C1=O. The van der Waals surface area contributed by atoms with Crippen LogP contribution in [0.5, 0.6) is 5.75 Å². The van der Waals surface area contributed by atoms with E-state index in [2.05, 4.69) is 15.0 Å². The highest BCUT2D eigenvalue weighted by molar-refractivity contribution is 7.91. The molecule has 302 valence electrons. The van der Waals surface area contributed by atoms with Crippen LogP contribution in [0.15, 0.2) is 35.7 Å². The topological polar surface area (TPSA) is 192 Å². The van der Waals surface area contributed by atoms with Crippen LogP contribution in [0.1, 0.15) is 88.4 Å². The summed E-state index contributed by atoms with van der Waals surface area (Å²) in [4.78, 5) is 77.8. The van der Waals surface area contributed by atoms with Gasteiger partial charge < -0.3 is 25.0 Å². The first-order valence-corrected chi connectivity index (χ1v) is 22.1. The number of hydrogen-bond donors (Lipinski definition) is 3. The lowest BCUT2D eigenvalue weighted by Gasteiger charge is -2.32. The molecule has 6 atom stereocenters. The van der Waals surface area contributed by atoms with Crippen LogP contribution in [0, 0.1) is 23.7 Å². The van der Waals surface area contributed by atoms with E-state index in [4.69, 9.17) is 16.3 Å². The molecule has 5 aliphatic rings. The van der Waals surface area contributed by atoms with Crippen LogP contribution in [0.25, 0.3) is 11.3 Å². The number of carbonyl (C=O) groups is 5. The molecule has 4 amide bonds. The Morgan fingerprint density at radius 2 is 1.88 bits per heavy atom. The first kappa shape index (κ1) is 40.2. The molecule has 0 radical (unpaired) electrons. The zero-order valence-electron chi connectivity index (χ0n) is 31.7. The van der Waals surface area contributed by atoms with Gasteiger partial charge in [0.2, 0.25) is 21.8 Å². The second kappa shape index (κ2) is 15.4. The van der Waals surface area contributed by atoms with Gasteiger partial charge in [-0.3, -0.25) is 28.7 Å². The lowest BCUT2D eigenvalue weighted by molar-refractivity contribution is -0.159. The van der Waals surface area contributed by atoms with Gasteiger partial charge in [0.25, 0.3) is 11.8 Å². The zero-order chi connectivity index (χ0) is 40.2. The van der Waals surface area contributed by atoms with E-state index >= 15 is 0 Å². The van der Waals surface area contributed by atoms with Crippen molar-refractivity contribution in [3.05, 3.63) is 45.8 Å². The Labute approximate surface area is 335 Å². The summed E-state index contributed by atoms with van der Waals surface area (Å²) in [5, 5.41) is 14.2. The van der Waals surface area contributed by atoms with Crippen LogP contribution >= 0.6 is 22.9 Å². The molecule has 14 nitrogen and oxygen atoms in total. The van der Waals surface area contributed by atoms with Crippen molar-refractivity contribution in [2.45, 2.75) is 101 Å². The number of benzene rings is 1. The van der Waals surface area contributed by atoms with Gasteiger partial charge in [-0.1, -0.05) is 36.6 Å². The minimum atomic E-state index is -3.92. The molecule has 4 fully saturated rings. The van der Waals surface area contributed by atoms with Crippen molar-refractivity contribution in [3.8, 4) is 17.0 Å². The molecular weight excluding hydrogens is 782 g/mol. The third-order valence-corrected chi connectivity index (χ3v) is 14.3. The molecule has 17 heteroatoms. The van der Waals surface area contributed by atoms with Crippen molar-refractivity contribution in [2.24, 2.45) is 23.7 Å². The van der Waals surface area contributed by atoms with E-state index < -0.39 is 68.0 Å². The fourth-order valence-corrected chi connectivity index (χ4v) is 10.6. The Morgan fingerprint density at radius 3 is 2.59 bits per heavy atom. The fraction of sp³-hybridized carbons (Fsp3) is 0.590. The van der Waals surface area contributed by atoms with E-state index in [-0.39, 0.29) is 66.0 Å². The van der Waals surface area contributed by atoms with Crippen molar-refractivity contribution in [3.63, 3.8) is 0 Å². The number of aromatic nitrogens is 1. The second-order valence-electron chi connectivity index (χ2n) is 16.8. The van der Waals surface area contributed by atoms with Gasteiger partial charge >= 0.3 is 5.97 Å². The highest BCUT2D eigenvalue weighted by Crippen LogP contribution is 2.47. The number of amides is 4. The number of likely N-dealkylation sites (tertiary alicyclic amines) is 1. The third kappa shape index (κ3) is 8.47. The molecule has 56 heavy (non-hydrogen) atoms. The Balaban J connectivity index is 1.17. The van der Waals surface area contributed by atoms with Crippen LogP contribution in [0.2, 0.25) is 5.02 Å². The van der Waals surface area contributed by atoms with E-state index in [0.717, 1.165) is 24.2 Å². The summed E-state index contributed by atoms with van der Waals surface area (Å²) in [5.41, 5.74) is -1.15. The molecule has 0 spiro atoms. The number of aromatic hydroxyl groups is 1. The molecule has 3 aliphatic heterocycles. The van der Waals surface area contributed by atoms with Gasteiger partial charge in [-0.05, 0) is 77.5 Å². The molecule has 4 heterocycles. The lowest BCUT2D eigenvalue weighted by atomic mass is 9.92. The molecule has 3 N–H and O–H groups in total. The molecule has 2 aliphatic carbocycles. The highest BCUT2D eigenvalue weighted by Gasteiger charge is 2.63. The Morgan fingerprint density at radius 1 is 1.11 bits per heavy atom. The number of nitrogens with zero attached hydrogens (tertiary/aromatic N) is 3. The number of fused-ring (bicyclic) bond motifs is 4. The maximum absolute atomic E-state index is 14.7. The first-order chi connectivity index (χ1) is 26.5. The van der Waals surface area contributed by atoms with Crippen molar-refractivity contribution in [1.29, 1.82) is 0 Å². The number of allylic oxidation sites excluding steroid dienone is 1. The van der Waals surface area contributed by atoms with Gasteiger partial charge in [0.1, 0.15) is 22.9 Å². The maximum Gasteiger partial charge on any atom is 0.307 e. The van der Waals surface area contributed by atoms with Crippen LogP contribution in [0.3, 0.4) is 0 Å². The monoisotopic (exact) mass is 829 g/mol. The number of rotatable bonds is 7. The second-order valence-corrected chi connectivity index (χ2v) is 20.0. The van der Waals surface area contributed by atoms with E-state index in [1.807, 2.05) is 12.2 Å². The maximum atomic E-state index is 14.7. The number of phenols is 1. The summed E-state index contributed by atoms with van der Waals surface area (Å²) in [5.74, 6) is -4.72. The third-order valence-electron chi connectivity index (χ3n) is 11.4. The molecule has 7 rings (SSSR count). The fourth-order valence-electron chi connectivity index (χ4n) is 8.26. The highest BCUT2D eigenvalue weighted by atomic mass is 35.5. The largest absolute Gasteiger partial charge is 0.506 e. The van der Waals surface area contributed by atoms with Crippen LogP contribution in [-0.2, 0) is 33.9 Å². The van der Waals surface area contributed by atoms with Crippen molar-refractivity contribution >= 4 is 62.6 Å². The number of nitrogens with one attached hydrogen (secondary N) is 2. The lowest BCUT2D eigenvalue weighted by Crippen LogP contribution is -2.58. The molecule has 1 aromatic heterocycles. The predicted octanol–water partition coefficient (Wildman–Crippen LogP) is 4.42. The Hall–Kier alpha value is -4.02. The number of hydrogen-bond acceptors (Lipinski definition) is 11. The number of phenolic OH excluding ortho intramolecular Hbond substituents is 1. The zero-order valence-corrected chi connectivity index (χ0v) is 34.1. The van der Waals surface area contributed by atoms with Gasteiger partial charge in [0.05, 0.1) is 22.4 Å². The van der Waals surface area contributed by atoms with Crippen molar-refractivity contribution in [1.82, 2.24) is 24.8 Å². The van der Waals surface area contributed by atoms with Gasteiger partial charge in [-0.25, -0.2) is 13.4 Å².